The van der Waals surface area contributed by atoms with Crippen LogP contribution in [0.25, 0.3) is 10.8 Å². The van der Waals surface area contributed by atoms with Crippen LogP contribution in [0.2, 0.25) is 0 Å². The molecule has 0 spiro atoms. The zero-order valence-corrected chi connectivity index (χ0v) is 17.1. The summed E-state index contributed by atoms with van der Waals surface area (Å²) in [5.41, 5.74) is 1.23. The van der Waals surface area contributed by atoms with E-state index in [0.29, 0.717) is 26.2 Å². The molecule has 2 rings (SSSR count). The summed E-state index contributed by atoms with van der Waals surface area (Å²) in [7, 11) is 0. The quantitative estimate of drug-likeness (QED) is 0.393. The number of nitrogens with zero attached hydrogens (tertiary/aromatic N) is 2. The number of hydrogen-bond donors (Lipinski definition) is 0. The maximum atomic E-state index is 12.4. The molecule has 0 N–H and O–H groups in total. The van der Waals surface area contributed by atoms with Crippen LogP contribution in [-0.2, 0) is 20.7 Å². The van der Waals surface area contributed by atoms with Gasteiger partial charge >= 0.3 is 0 Å². The number of fused-ring (bicyclic) bond motifs is 1. The van der Waals surface area contributed by atoms with Crippen molar-refractivity contribution >= 4 is 23.0 Å². The van der Waals surface area contributed by atoms with Crippen molar-refractivity contribution in [1.29, 1.82) is 0 Å². The van der Waals surface area contributed by atoms with Gasteiger partial charge in [0.2, 0.25) is 5.91 Å². The van der Waals surface area contributed by atoms with Crippen molar-refractivity contribution in [1.82, 2.24) is 9.80 Å². The lowest BCUT2D eigenvalue weighted by Gasteiger charge is -2.25. The molecular formula is C23H32N2O3. The summed E-state index contributed by atoms with van der Waals surface area (Å²) in [6, 6.07) is 14.7. The molecule has 5 heteroatoms. The Labute approximate surface area is 168 Å². The molecule has 5 nitrogen and oxygen atoms in total. The Morgan fingerprint density at radius 1 is 1.00 bits per heavy atom. The van der Waals surface area contributed by atoms with Crippen LogP contribution in [0.5, 0.6) is 0 Å². The van der Waals surface area contributed by atoms with E-state index in [0.717, 1.165) is 32.3 Å². The first-order valence-electron chi connectivity index (χ1n) is 10.2. The molecule has 0 radical (unpaired) electrons. The average molecular weight is 385 g/mol. The smallest absolute Gasteiger partial charge is 0.225 e. The summed E-state index contributed by atoms with van der Waals surface area (Å²) in [5, 5.41) is 2.46. The van der Waals surface area contributed by atoms with Gasteiger partial charge in [-0.15, -0.1) is 0 Å². The first-order valence-corrected chi connectivity index (χ1v) is 10.2. The van der Waals surface area contributed by atoms with E-state index in [-0.39, 0.29) is 12.5 Å². The van der Waals surface area contributed by atoms with Crippen LogP contribution in [0.4, 0.5) is 0 Å². The Morgan fingerprint density at radius 3 is 2.46 bits per heavy atom. The molecule has 0 bridgehead atoms. The Bertz CT molecular complexity index is 743. The molecule has 2 aromatic carbocycles. The molecule has 0 heterocycles. The zero-order chi connectivity index (χ0) is 20.2. The molecule has 28 heavy (non-hydrogen) atoms. The molecule has 0 unspecified atom stereocenters. The highest BCUT2D eigenvalue weighted by molar-refractivity contribution is 5.83. The number of benzene rings is 2. The van der Waals surface area contributed by atoms with Gasteiger partial charge in [-0.3, -0.25) is 4.79 Å². The number of rotatable bonds is 13. The Kier molecular flexibility index (Phi) is 9.66. The number of ether oxygens (including phenoxy) is 1. The van der Waals surface area contributed by atoms with E-state index in [4.69, 9.17) is 4.74 Å². The third kappa shape index (κ3) is 7.06. The molecule has 0 saturated carbocycles. The SMILES string of the molecule is CCN(CC)CCN(CC=O)C(=O)CCOCCc1ccc2ccccc2c1. The van der Waals surface area contributed by atoms with Crippen LogP contribution in [0.3, 0.4) is 0 Å². The number of amides is 1. The van der Waals surface area contributed by atoms with Gasteiger partial charge in [-0.2, -0.15) is 0 Å². The molecule has 1 amide bonds. The summed E-state index contributed by atoms with van der Waals surface area (Å²) in [4.78, 5) is 27.1. The maximum absolute atomic E-state index is 12.4. The number of aldehydes is 1. The van der Waals surface area contributed by atoms with Gasteiger partial charge in [0.1, 0.15) is 6.29 Å². The van der Waals surface area contributed by atoms with Crippen LogP contribution in [0, 0.1) is 0 Å². The van der Waals surface area contributed by atoms with Crippen molar-refractivity contribution < 1.29 is 14.3 Å². The highest BCUT2D eigenvalue weighted by atomic mass is 16.5. The monoisotopic (exact) mass is 384 g/mol. The summed E-state index contributed by atoms with van der Waals surface area (Å²) in [6.45, 7) is 8.56. The minimum atomic E-state index is -0.0232. The standard InChI is InChI=1S/C23H32N2O3/c1-3-24(4-2)13-14-25(15-16-26)23(27)12-18-28-17-11-20-9-10-21-7-5-6-8-22(21)19-20/h5-10,16,19H,3-4,11-15,17-18H2,1-2H3. The molecule has 0 aliphatic rings. The zero-order valence-electron chi connectivity index (χ0n) is 17.1. The summed E-state index contributed by atoms with van der Waals surface area (Å²) >= 11 is 0. The van der Waals surface area contributed by atoms with E-state index in [1.54, 1.807) is 4.90 Å². The minimum absolute atomic E-state index is 0.0232. The van der Waals surface area contributed by atoms with Crippen LogP contribution in [-0.4, -0.2) is 67.9 Å². The van der Waals surface area contributed by atoms with Crippen LogP contribution in [0.1, 0.15) is 25.8 Å². The fraction of sp³-hybridized carbons (Fsp3) is 0.478. The van der Waals surface area contributed by atoms with Crippen molar-refractivity contribution in [2.45, 2.75) is 26.7 Å². The van der Waals surface area contributed by atoms with E-state index in [1.807, 2.05) is 12.1 Å². The molecule has 152 valence electrons. The van der Waals surface area contributed by atoms with Crippen LogP contribution < -0.4 is 0 Å². The lowest BCUT2D eigenvalue weighted by Crippen LogP contribution is -2.40. The van der Waals surface area contributed by atoms with Crippen molar-refractivity contribution in [3.63, 3.8) is 0 Å². The first-order chi connectivity index (χ1) is 13.7. The summed E-state index contributed by atoms with van der Waals surface area (Å²) in [6.07, 6.45) is 1.92. The van der Waals surface area contributed by atoms with Crippen molar-refractivity contribution in [3.05, 3.63) is 48.0 Å². The molecular weight excluding hydrogens is 352 g/mol. The number of likely N-dealkylation sites (N-methyl/N-ethyl adjacent to an activating group) is 1. The third-order valence-corrected chi connectivity index (χ3v) is 5.04. The predicted molar refractivity (Wildman–Crippen MR) is 114 cm³/mol. The highest BCUT2D eigenvalue weighted by Crippen LogP contribution is 2.16. The van der Waals surface area contributed by atoms with E-state index in [1.165, 1.54) is 16.3 Å². The van der Waals surface area contributed by atoms with Gasteiger partial charge in [-0.1, -0.05) is 56.3 Å². The van der Waals surface area contributed by atoms with E-state index in [9.17, 15) is 9.59 Å². The number of hydrogen-bond acceptors (Lipinski definition) is 4. The highest BCUT2D eigenvalue weighted by Gasteiger charge is 2.13. The topological polar surface area (TPSA) is 49.9 Å². The molecule has 0 aliphatic carbocycles. The lowest BCUT2D eigenvalue weighted by atomic mass is 10.1. The van der Waals surface area contributed by atoms with E-state index < -0.39 is 0 Å². The number of carbonyl (C=O) groups is 2. The minimum Gasteiger partial charge on any atom is -0.381 e. The normalized spacial score (nSPS) is 11.1. The Hall–Kier alpha value is -2.24. The van der Waals surface area contributed by atoms with Gasteiger partial charge in [-0.05, 0) is 35.8 Å². The Balaban J connectivity index is 1.71. The molecule has 0 aromatic heterocycles. The van der Waals surface area contributed by atoms with E-state index >= 15 is 0 Å². The molecule has 0 fully saturated rings. The van der Waals surface area contributed by atoms with Gasteiger partial charge in [-0.25, -0.2) is 0 Å². The fourth-order valence-electron chi connectivity index (χ4n) is 3.21. The predicted octanol–water partition coefficient (Wildman–Crippen LogP) is 3.16. The van der Waals surface area contributed by atoms with Gasteiger partial charge in [0, 0.05) is 13.1 Å². The second-order valence-corrected chi connectivity index (χ2v) is 6.83. The van der Waals surface area contributed by atoms with Crippen molar-refractivity contribution in [2.24, 2.45) is 0 Å². The summed E-state index contributed by atoms with van der Waals surface area (Å²) < 4.78 is 5.67. The average Bonchev–Trinajstić information content (AvgIpc) is 2.73. The van der Waals surface area contributed by atoms with Crippen LogP contribution >= 0.6 is 0 Å². The second-order valence-electron chi connectivity index (χ2n) is 6.83. The van der Waals surface area contributed by atoms with Gasteiger partial charge < -0.3 is 19.3 Å². The van der Waals surface area contributed by atoms with E-state index in [2.05, 4.69) is 49.1 Å². The van der Waals surface area contributed by atoms with Gasteiger partial charge in [0.05, 0.1) is 26.2 Å². The van der Waals surface area contributed by atoms with Gasteiger partial charge in [0.25, 0.3) is 0 Å². The molecule has 0 saturated heterocycles. The largest absolute Gasteiger partial charge is 0.381 e. The lowest BCUT2D eigenvalue weighted by molar-refractivity contribution is -0.134. The van der Waals surface area contributed by atoms with Gasteiger partial charge in [0.15, 0.2) is 0 Å². The first kappa shape index (κ1) is 22.1. The molecule has 0 atom stereocenters. The second kappa shape index (κ2) is 12.3. The van der Waals surface area contributed by atoms with Crippen LogP contribution in [0.15, 0.2) is 42.5 Å². The van der Waals surface area contributed by atoms with Crippen molar-refractivity contribution in [2.75, 3.05) is 45.9 Å². The summed E-state index contributed by atoms with van der Waals surface area (Å²) in [5.74, 6) is -0.0232. The molecule has 0 aliphatic heterocycles. The third-order valence-electron chi connectivity index (χ3n) is 5.04. The number of carbonyl (C=O) groups excluding carboxylic acids is 2. The maximum Gasteiger partial charge on any atom is 0.225 e. The molecule has 2 aromatic rings. The fourth-order valence-corrected chi connectivity index (χ4v) is 3.21. The Morgan fingerprint density at radius 2 is 1.75 bits per heavy atom. The van der Waals surface area contributed by atoms with Crippen molar-refractivity contribution in [3.8, 4) is 0 Å².